The summed E-state index contributed by atoms with van der Waals surface area (Å²) in [6.45, 7) is 2.05. The molecule has 0 fully saturated rings. The van der Waals surface area contributed by atoms with E-state index < -0.39 is 0 Å². The van der Waals surface area contributed by atoms with Crippen molar-refractivity contribution in [3.05, 3.63) is 18.0 Å². The number of amides is 1. The predicted molar refractivity (Wildman–Crippen MR) is 42.3 cm³/mol. The Morgan fingerprint density at radius 1 is 1.83 bits per heavy atom. The Kier molecular flexibility index (Phi) is 2.91. The van der Waals surface area contributed by atoms with E-state index in [-0.39, 0.29) is 11.6 Å². The van der Waals surface area contributed by atoms with Crippen molar-refractivity contribution >= 4 is 5.91 Å². The van der Waals surface area contributed by atoms with E-state index in [4.69, 9.17) is 0 Å². The number of hydrogen-bond donors (Lipinski definition) is 1. The molecule has 1 amide bonds. The van der Waals surface area contributed by atoms with Gasteiger partial charge in [-0.25, -0.2) is 0 Å². The molecule has 0 spiro atoms. The van der Waals surface area contributed by atoms with Gasteiger partial charge in [0.2, 0.25) is 0 Å². The van der Waals surface area contributed by atoms with Gasteiger partial charge in [0.1, 0.15) is 6.26 Å². The smallest absolute Gasteiger partial charge is 0.274 e. The van der Waals surface area contributed by atoms with E-state index in [0.717, 1.165) is 0 Å². The zero-order chi connectivity index (χ0) is 8.81. The van der Waals surface area contributed by atoms with Crippen LogP contribution < -0.4 is 5.32 Å². The average molecular weight is 164 g/mol. The van der Waals surface area contributed by atoms with E-state index in [1.54, 1.807) is 6.92 Å². The highest BCUT2D eigenvalue weighted by atomic mass is 16.5. The van der Waals surface area contributed by atoms with Crippen LogP contribution >= 0.6 is 0 Å². The molecular weight excluding hydrogens is 156 g/mol. The number of rotatable bonds is 2. The van der Waals surface area contributed by atoms with Crippen LogP contribution in [0.25, 0.3) is 0 Å². The van der Waals surface area contributed by atoms with Gasteiger partial charge in [-0.2, -0.15) is 0 Å². The maximum Gasteiger partial charge on any atom is 0.274 e. The van der Waals surface area contributed by atoms with Gasteiger partial charge in [-0.3, -0.25) is 4.79 Å². The van der Waals surface area contributed by atoms with Crippen LogP contribution in [-0.4, -0.2) is 17.6 Å². The second kappa shape index (κ2) is 4.19. The minimum Gasteiger partial charge on any atom is -0.364 e. The van der Waals surface area contributed by atoms with Crippen LogP contribution in [0.1, 0.15) is 17.4 Å². The summed E-state index contributed by atoms with van der Waals surface area (Å²) in [6.07, 6.45) is 1.35. The summed E-state index contributed by atoms with van der Waals surface area (Å²) in [5, 5.41) is 6.01. The predicted octanol–water partition coefficient (Wildman–Crippen LogP) is 0.428. The molecule has 0 aromatic carbocycles. The largest absolute Gasteiger partial charge is 0.364 e. The van der Waals surface area contributed by atoms with Crippen molar-refractivity contribution in [2.24, 2.45) is 0 Å². The fourth-order valence-corrected chi connectivity index (χ4v) is 0.633. The summed E-state index contributed by atoms with van der Waals surface area (Å²) in [7, 11) is 0. The summed E-state index contributed by atoms with van der Waals surface area (Å²) in [6, 6.07) is 1.49. The molecular formula is C8H8N2O2. The van der Waals surface area contributed by atoms with Crippen LogP contribution in [0.2, 0.25) is 0 Å². The molecule has 0 atom stereocenters. The van der Waals surface area contributed by atoms with E-state index in [1.165, 1.54) is 12.3 Å². The fraction of sp³-hybridized carbons (Fsp3) is 0.250. The molecule has 1 aromatic rings. The van der Waals surface area contributed by atoms with Gasteiger partial charge in [0.05, 0.1) is 6.54 Å². The van der Waals surface area contributed by atoms with Gasteiger partial charge in [-0.05, 0) is 6.92 Å². The monoisotopic (exact) mass is 164 g/mol. The molecule has 1 rings (SSSR count). The maximum atomic E-state index is 11.1. The van der Waals surface area contributed by atoms with Crippen LogP contribution in [0.5, 0.6) is 0 Å². The van der Waals surface area contributed by atoms with Crippen molar-refractivity contribution < 1.29 is 9.32 Å². The molecule has 1 aromatic heterocycles. The Hall–Kier alpha value is -1.76. The van der Waals surface area contributed by atoms with E-state index in [0.29, 0.717) is 6.54 Å². The Bertz CT molecular complexity index is 306. The quantitative estimate of drug-likeness (QED) is 0.645. The molecule has 62 valence electrons. The van der Waals surface area contributed by atoms with Crippen LogP contribution in [0.3, 0.4) is 0 Å². The molecule has 0 aliphatic carbocycles. The topological polar surface area (TPSA) is 55.1 Å². The number of carbonyl (C=O) groups is 1. The summed E-state index contributed by atoms with van der Waals surface area (Å²) in [4.78, 5) is 11.1. The van der Waals surface area contributed by atoms with Crippen molar-refractivity contribution in [2.75, 3.05) is 6.54 Å². The van der Waals surface area contributed by atoms with Gasteiger partial charge in [-0.15, -0.1) is 5.92 Å². The lowest BCUT2D eigenvalue weighted by molar-refractivity contribution is 0.0949. The molecule has 0 saturated heterocycles. The van der Waals surface area contributed by atoms with Gasteiger partial charge in [-0.1, -0.05) is 11.1 Å². The van der Waals surface area contributed by atoms with E-state index >= 15 is 0 Å². The first-order valence-electron chi connectivity index (χ1n) is 3.43. The number of carbonyl (C=O) groups excluding carboxylic acids is 1. The Balaban J connectivity index is 2.43. The maximum absolute atomic E-state index is 11.1. The van der Waals surface area contributed by atoms with Gasteiger partial charge < -0.3 is 9.84 Å². The number of nitrogens with zero attached hydrogens (tertiary/aromatic N) is 1. The molecule has 4 heteroatoms. The van der Waals surface area contributed by atoms with E-state index in [1.807, 2.05) is 0 Å². The average Bonchev–Trinajstić information content (AvgIpc) is 2.56. The third-order valence-corrected chi connectivity index (χ3v) is 1.18. The fourth-order valence-electron chi connectivity index (χ4n) is 0.633. The highest BCUT2D eigenvalue weighted by Crippen LogP contribution is 1.92. The molecule has 1 N–H and O–H groups in total. The van der Waals surface area contributed by atoms with Crippen LogP contribution in [0.15, 0.2) is 16.9 Å². The highest BCUT2D eigenvalue weighted by Gasteiger charge is 2.05. The van der Waals surface area contributed by atoms with Crippen molar-refractivity contribution in [1.82, 2.24) is 10.5 Å². The third-order valence-electron chi connectivity index (χ3n) is 1.18. The molecule has 0 aliphatic rings. The normalized spacial score (nSPS) is 8.42. The Morgan fingerprint density at radius 2 is 2.67 bits per heavy atom. The van der Waals surface area contributed by atoms with Crippen LogP contribution in [-0.2, 0) is 0 Å². The molecule has 4 nitrogen and oxygen atoms in total. The van der Waals surface area contributed by atoms with Crippen molar-refractivity contribution in [1.29, 1.82) is 0 Å². The van der Waals surface area contributed by atoms with Gasteiger partial charge in [0.15, 0.2) is 5.69 Å². The first-order valence-corrected chi connectivity index (χ1v) is 3.43. The summed E-state index contributed by atoms with van der Waals surface area (Å²) in [5.74, 6) is 5.09. The third kappa shape index (κ3) is 2.13. The Labute approximate surface area is 69.9 Å². The number of nitrogens with one attached hydrogen (secondary N) is 1. The molecule has 1 heterocycles. The minimum atomic E-state index is -0.272. The van der Waals surface area contributed by atoms with Gasteiger partial charge in [0.25, 0.3) is 5.91 Å². The SMILES string of the molecule is CC#CCNC(=O)c1ccon1. The second-order valence-electron chi connectivity index (χ2n) is 1.99. The zero-order valence-electron chi connectivity index (χ0n) is 6.63. The molecule has 0 bridgehead atoms. The standard InChI is InChI=1S/C8H8N2O2/c1-2-3-5-9-8(11)7-4-6-12-10-7/h4,6H,5H2,1H3,(H,9,11). The second-order valence-corrected chi connectivity index (χ2v) is 1.99. The molecule has 12 heavy (non-hydrogen) atoms. The lowest BCUT2D eigenvalue weighted by Gasteiger charge is -1.94. The van der Waals surface area contributed by atoms with Gasteiger partial charge in [0, 0.05) is 6.07 Å². The number of aromatic nitrogens is 1. The molecule has 0 radical (unpaired) electrons. The summed E-state index contributed by atoms with van der Waals surface area (Å²) in [5.41, 5.74) is 0.271. The van der Waals surface area contributed by atoms with Crippen molar-refractivity contribution in [2.45, 2.75) is 6.92 Å². The van der Waals surface area contributed by atoms with E-state index in [9.17, 15) is 4.79 Å². The summed E-state index contributed by atoms with van der Waals surface area (Å²) < 4.78 is 4.50. The highest BCUT2D eigenvalue weighted by molar-refractivity contribution is 5.92. The van der Waals surface area contributed by atoms with Gasteiger partial charge >= 0.3 is 0 Å². The lowest BCUT2D eigenvalue weighted by atomic mass is 10.4. The van der Waals surface area contributed by atoms with E-state index in [2.05, 4.69) is 26.8 Å². The first-order chi connectivity index (χ1) is 5.84. The molecule has 0 saturated carbocycles. The number of hydrogen-bond acceptors (Lipinski definition) is 3. The van der Waals surface area contributed by atoms with Crippen molar-refractivity contribution in [3.63, 3.8) is 0 Å². The molecule has 0 unspecified atom stereocenters. The summed E-state index contributed by atoms with van der Waals surface area (Å²) >= 11 is 0. The lowest BCUT2D eigenvalue weighted by Crippen LogP contribution is -2.23. The first kappa shape index (κ1) is 8.34. The van der Waals surface area contributed by atoms with Crippen molar-refractivity contribution in [3.8, 4) is 11.8 Å². The Morgan fingerprint density at radius 3 is 3.25 bits per heavy atom. The zero-order valence-corrected chi connectivity index (χ0v) is 6.63. The minimum absolute atomic E-state index is 0.271. The van der Waals surface area contributed by atoms with Crippen LogP contribution in [0, 0.1) is 11.8 Å². The van der Waals surface area contributed by atoms with Crippen LogP contribution in [0.4, 0.5) is 0 Å². The molecule has 0 aliphatic heterocycles.